The van der Waals surface area contributed by atoms with Crippen LogP contribution in [0.15, 0.2) is 41.3 Å². The van der Waals surface area contributed by atoms with E-state index in [0.717, 1.165) is 18.2 Å². The molecule has 0 heterocycles. The van der Waals surface area contributed by atoms with Crippen molar-refractivity contribution >= 4 is 33.3 Å². The normalized spacial score (nSPS) is 11.0. The van der Waals surface area contributed by atoms with Crippen LogP contribution < -0.4 is 10.0 Å². The second kappa shape index (κ2) is 6.89. The average Bonchev–Trinajstić information content (AvgIpc) is 2.49. The lowest BCUT2D eigenvalue weighted by atomic mass is 10.1. The van der Waals surface area contributed by atoms with E-state index in [4.69, 9.17) is 5.11 Å². The number of rotatable bonds is 5. The average molecular weight is 366 g/mol. The molecule has 0 spiro atoms. The fourth-order valence-corrected chi connectivity index (χ4v) is 3.17. The first kappa shape index (κ1) is 18.4. The predicted octanol–water partition coefficient (Wildman–Crippen LogP) is 2.59. The van der Waals surface area contributed by atoms with Crippen molar-refractivity contribution in [2.75, 3.05) is 10.0 Å². The van der Waals surface area contributed by atoms with E-state index in [1.165, 1.54) is 32.0 Å². The summed E-state index contributed by atoms with van der Waals surface area (Å²) in [4.78, 5) is 21.9. The van der Waals surface area contributed by atoms with Gasteiger partial charge in [-0.2, -0.15) is 0 Å². The first-order valence-electron chi connectivity index (χ1n) is 7.04. The Morgan fingerprint density at radius 2 is 1.80 bits per heavy atom. The molecule has 25 heavy (non-hydrogen) atoms. The van der Waals surface area contributed by atoms with Crippen LogP contribution in [-0.2, 0) is 14.8 Å². The zero-order valence-corrected chi connectivity index (χ0v) is 14.1. The van der Waals surface area contributed by atoms with Crippen molar-refractivity contribution in [1.29, 1.82) is 0 Å². The van der Waals surface area contributed by atoms with Gasteiger partial charge in [-0.15, -0.1) is 0 Å². The van der Waals surface area contributed by atoms with Crippen LogP contribution in [0.5, 0.6) is 0 Å². The van der Waals surface area contributed by atoms with Gasteiger partial charge in [-0.1, -0.05) is 6.07 Å². The first-order valence-corrected chi connectivity index (χ1v) is 8.52. The Balaban J connectivity index is 2.41. The van der Waals surface area contributed by atoms with Gasteiger partial charge in [0.25, 0.3) is 10.0 Å². The van der Waals surface area contributed by atoms with Crippen LogP contribution in [0.3, 0.4) is 0 Å². The van der Waals surface area contributed by atoms with Crippen LogP contribution in [-0.4, -0.2) is 25.4 Å². The van der Waals surface area contributed by atoms with Gasteiger partial charge in [-0.25, -0.2) is 17.6 Å². The number of hydrogen-bond acceptors (Lipinski definition) is 4. The number of amides is 1. The summed E-state index contributed by atoms with van der Waals surface area (Å²) in [6.45, 7) is 2.79. The highest BCUT2D eigenvalue weighted by molar-refractivity contribution is 7.92. The van der Waals surface area contributed by atoms with Crippen LogP contribution in [0.1, 0.15) is 22.8 Å². The highest BCUT2D eigenvalue weighted by Crippen LogP contribution is 2.24. The molecule has 0 saturated heterocycles. The van der Waals surface area contributed by atoms with Crippen molar-refractivity contribution in [1.82, 2.24) is 0 Å². The van der Waals surface area contributed by atoms with Gasteiger partial charge in [0.05, 0.1) is 16.1 Å². The molecule has 0 aliphatic carbocycles. The molecule has 9 heteroatoms. The van der Waals surface area contributed by atoms with Gasteiger partial charge in [-0.05, 0) is 42.8 Å². The number of carbonyl (C=O) groups excluding carboxylic acids is 1. The third-order valence-corrected chi connectivity index (χ3v) is 4.64. The smallest absolute Gasteiger partial charge is 0.335 e. The number of sulfonamides is 1. The van der Waals surface area contributed by atoms with Crippen LogP contribution >= 0.6 is 0 Å². The van der Waals surface area contributed by atoms with Crippen molar-refractivity contribution in [2.24, 2.45) is 0 Å². The maximum atomic E-state index is 13.9. The Morgan fingerprint density at radius 1 is 1.12 bits per heavy atom. The molecule has 0 aliphatic heterocycles. The summed E-state index contributed by atoms with van der Waals surface area (Å²) >= 11 is 0. The Kier molecular flexibility index (Phi) is 5.07. The molecule has 3 N–H and O–H groups in total. The molecule has 2 rings (SSSR count). The highest BCUT2D eigenvalue weighted by atomic mass is 32.2. The Hall–Kier alpha value is -2.94. The van der Waals surface area contributed by atoms with Crippen LogP contribution in [0.4, 0.5) is 15.8 Å². The zero-order chi connectivity index (χ0) is 18.8. The largest absolute Gasteiger partial charge is 0.478 e. The molecular formula is C16H15FN2O5S. The standard InChI is InChI=1S/C16H15FN2O5S/c1-9-3-5-12(8-13(9)16(21)22)25(23,24)19-15-7-11(18-10(2)20)4-6-14(15)17/h3-8,19H,1-2H3,(H,18,20)(H,21,22). The van der Waals surface area contributed by atoms with Crippen molar-refractivity contribution < 1.29 is 27.5 Å². The summed E-state index contributed by atoms with van der Waals surface area (Å²) in [5.41, 5.74) is 0.0612. The lowest BCUT2D eigenvalue weighted by molar-refractivity contribution is -0.114. The van der Waals surface area contributed by atoms with Crippen molar-refractivity contribution in [2.45, 2.75) is 18.7 Å². The molecule has 0 saturated carbocycles. The number of nitrogens with one attached hydrogen (secondary N) is 2. The predicted molar refractivity (Wildman–Crippen MR) is 89.7 cm³/mol. The van der Waals surface area contributed by atoms with Crippen LogP contribution in [0.25, 0.3) is 0 Å². The van der Waals surface area contributed by atoms with E-state index in [1.54, 1.807) is 0 Å². The van der Waals surface area contributed by atoms with Gasteiger partial charge in [0.15, 0.2) is 0 Å². The van der Waals surface area contributed by atoms with E-state index in [1.807, 2.05) is 0 Å². The van der Waals surface area contributed by atoms with Gasteiger partial charge in [0.2, 0.25) is 5.91 Å². The number of anilines is 2. The number of carboxylic acid groups (broad SMARTS) is 1. The molecule has 7 nitrogen and oxygen atoms in total. The highest BCUT2D eigenvalue weighted by Gasteiger charge is 2.19. The lowest BCUT2D eigenvalue weighted by Gasteiger charge is -2.12. The Morgan fingerprint density at radius 3 is 2.40 bits per heavy atom. The Bertz CT molecular complexity index is 957. The molecule has 1 amide bonds. The van der Waals surface area contributed by atoms with E-state index in [9.17, 15) is 22.4 Å². The fourth-order valence-electron chi connectivity index (χ4n) is 2.09. The monoisotopic (exact) mass is 366 g/mol. The van der Waals surface area contributed by atoms with E-state index < -0.39 is 27.7 Å². The second-order valence-electron chi connectivity index (χ2n) is 5.26. The van der Waals surface area contributed by atoms with Gasteiger partial charge >= 0.3 is 5.97 Å². The third-order valence-electron chi connectivity index (χ3n) is 3.28. The summed E-state index contributed by atoms with van der Waals surface area (Å²) < 4.78 is 40.8. The minimum Gasteiger partial charge on any atom is -0.478 e. The number of hydrogen-bond donors (Lipinski definition) is 3. The van der Waals surface area contributed by atoms with Gasteiger partial charge in [0, 0.05) is 12.6 Å². The van der Waals surface area contributed by atoms with Crippen LogP contribution in [0.2, 0.25) is 0 Å². The number of carboxylic acids is 1. The summed E-state index contributed by atoms with van der Waals surface area (Å²) in [6.07, 6.45) is 0. The number of halogens is 1. The van der Waals surface area contributed by atoms with Gasteiger partial charge < -0.3 is 10.4 Å². The van der Waals surface area contributed by atoms with Gasteiger partial charge in [0.1, 0.15) is 5.82 Å². The molecule has 0 bridgehead atoms. The maximum Gasteiger partial charge on any atom is 0.335 e. The topological polar surface area (TPSA) is 113 Å². The molecular weight excluding hydrogens is 351 g/mol. The fraction of sp³-hybridized carbons (Fsp3) is 0.125. The first-order chi connectivity index (χ1) is 11.6. The van der Waals surface area contributed by atoms with Crippen LogP contribution in [0, 0.1) is 12.7 Å². The molecule has 0 aliphatic rings. The van der Waals surface area contributed by atoms with Crippen molar-refractivity contribution in [3.05, 3.63) is 53.3 Å². The minimum atomic E-state index is -4.22. The second-order valence-corrected chi connectivity index (χ2v) is 6.95. The van der Waals surface area contributed by atoms with E-state index in [-0.39, 0.29) is 21.8 Å². The lowest BCUT2D eigenvalue weighted by Crippen LogP contribution is -2.15. The SMILES string of the molecule is CC(=O)Nc1ccc(F)c(NS(=O)(=O)c2ccc(C)c(C(=O)O)c2)c1. The van der Waals surface area contributed by atoms with E-state index >= 15 is 0 Å². The van der Waals surface area contributed by atoms with E-state index in [0.29, 0.717) is 5.56 Å². The van der Waals surface area contributed by atoms with Crippen molar-refractivity contribution in [3.63, 3.8) is 0 Å². The minimum absolute atomic E-state index is 0.171. The number of carbonyl (C=O) groups is 2. The number of benzene rings is 2. The number of aromatic carboxylic acids is 1. The maximum absolute atomic E-state index is 13.9. The summed E-state index contributed by atoms with van der Waals surface area (Å²) in [7, 11) is -4.22. The molecule has 132 valence electrons. The Labute approximate surface area is 143 Å². The molecule has 0 unspecified atom stereocenters. The third kappa shape index (κ3) is 4.32. The molecule has 2 aromatic carbocycles. The quantitative estimate of drug-likeness (QED) is 0.753. The summed E-state index contributed by atoms with van der Waals surface area (Å²) in [5.74, 6) is -2.51. The number of aryl methyl sites for hydroxylation is 1. The van der Waals surface area contributed by atoms with Gasteiger partial charge in [-0.3, -0.25) is 9.52 Å². The summed E-state index contributed by atoms with van der Waals surface area (Å²) in [5, 5.41) is 11.5. The van der Waals surface area contributed by atoms with Crippen molar-refractivity contribution in [3.8, 4) is 0 Å². The molecule has 0 atom stereocenters. The summed E-state index contributed by atoms with van der Waals surface area (Å²) in [6, 6.07) is 6.97. The molecule has 0 aromatic heterocycles. The molecule has 0 fully saturated rings. The zero-order valence-electron chi connectivity index (χ0n) is 13.3. The molecule has 2 aromatic rings. The molecule has 0 radical (unpaired) electrons. The van der Waals surface area contributed by atoms with E-state index in [2.05, 4.69) is 10.0 Å².